The Morgan fingerprint density at radius 3 is 2.39 bits per heavy atom. The molecule has 0 fully saturated rings. The van der Waals surface area contributed by atoms with Crippen LogP contribution in [-0.4, -0.2) is 26.8 Å². The lowest BCUT2D eigenvalue weighted by molar-refractivity contribution is -0.142. The number of hydrogen-bond acceptors (Lipinski definition) is 4. The second-order valence-electron chi connectivity index (χ2n) is 6.99. The molecule has 0 radical (unpaired) electrons. The van der Waals surface area contributed by atoms with E-state index in [0.29, 0.717) is 11.3 Å². The maximum atomic E-state index is 12.5. The SMILES string of the molecule is O=C(Cn1nc(-c2cccc3ccccc23)ccc1=O)NC(C(=O)O)c1ccccc1. The van der Waals surface area contributed by atoms with Crippen molar-refractivity contribution < 1.29 is 14.7 Å². The smallest absolute Gasteiger partial charge is 0.330 e. The van der Waals surface area contributed by atoms with Crippen molar-refractivity contribution in [2.45, 2.75) is 12.6 Å². The molecule has 0 bridgehead atoms. The number of carbonyl (C=O) groups excluding carboxylic acids is 1. The van der Waals surface area contributed by atoms with E-state index in [0.717, 1.165) is 21.0 Å². The van der Waals surface area contributed by atoms with Crippen LogP contribution in [0.15, 0.2) is 89.7 Å². The number of nitrogens with zero attached hydrogens (tertiary/aromatic N) is 2. The molecule has 4 rings (SSSR count). The van der Waals surface area contributed by atoms with Gasteiger partial charge in [0.05, 0.1) is 5.69 Å². The third-order valence-electron chi connectivity index (χ3n) is 4.91. The minimum atomic E-state index is -1.22. The maximum absolute atomic E-state index is 12.5. The molecule has 1 aromatic heterocycles. The number of hydrogen-bond donors (Lipinski definition) is 2. The fraction of sp³-hybridized carbons (Fsp3) is 0.0833. The first-order valence-electron chi connectivity index (χ1n) is 9.66. The zero-order valence-electron chi connectivity index (χ0n) is 16.4. The molecule has 0 aliphatic carbocycles. The van der Waals surface area contributed by atoms with E-state index in [1.54, 1.807) is 36.4 Å². The molecule has 4 aromatic rings. The van der Waals surface area contributed by atoms with Gasteiger partial charge in [-0.15, -0.1) is 0 Å². The van der Waals surface area contributed by atoms with Crippen LogP contribution in [0.3, 0.4) is 0 Å². The molecule has 0 aliphatic heterocycles. The molecule has 3 aromatic carbocycles. The van der Waals surface area contributed by atoms with Gasteiger partial charge in [-0.1, -0.05) is 72.8 Å². The Labute approximate surface area is 177 Å². The van der Waals surface area contributed by atoms with E-state index in [1.807, 2.05) is 42.5 Å². The van der Waals surface area contributed by atoms with Gasteiger partial charge >= 0.3 is 5.97 Å². The molecule has 1 heterocycles. The van der Waals surface area contributed by atoms with Gasteiger partial charge in [0.1, 0.15) is 6.54 Å². The molecule has 0 saturated carbocycles. The van der Waals surface area contributed by atoms with Crippen molar-refractivity contribution in [3.05, 3.63) is 101 Å². The highest BCUT2D eigenvalue weighted by Crippen LogP contribution is 2.26. The van der Waals surface area contributed by atoms with Crippen molar-refractivity contribution in [3.63, 3.8) is 0 Å². The Balaban J connectivity index is 1.61. The standard InChI is InChI=1S/C24H19N3O4/c28-21(25-23(24(30)31)17-8-2-1-3-9-17)15-27-22(29)14-13-20(26-27)19-12-6-10-16-7-4-5-11-18(16)19/h1-14,23H,15H2,(H,25,28)(H,30,31). The van der Waals surface area contributed by atoms with Gasteiger partial charge < -0.3 is 10.4 Å². The number of fused-ring (bicyclic) bond motifs is 1. The van der Waals surface area contributed by atoms with Gasteiger partial charge in [-0.3, -0.25) is 9.59 Å². The Morgan fingerprint density at radius 2 is 1.61 bits per heavy atom. The average Bonchev–Trinajstić information content (AvgIpc) is 2.79. The number of amides is 1. The van der Waals surface area contributed by atoms with Crippen molar-refractivity contribution in [2.24, 2.45) is 0 Å². The summed E-state index contributed by atoms with van der Waals surface area (Å²) in [6.07, 6.45) is 0. The second kappa shape index (κ2) is 8.62. The molecule has 2 N–H and O–H groups in total. The topological polar surface area (TPSA) is 101 Å². The van der Waals surface area contributed by atoms with Crippen LogP contribution >= 0.6 is 0 Å². The molecular weight excluding hydrogens is 394 g/mol. The third-order valence-corrected chi connectivity index (χ3v) is 4.91. The zero-order chi connectivity index (χ0) is 21.8. The Kier molecular flexibility index (Phi) is 5.57. The summed E-state index contributed by atoms with van der Waals surface area (Å²) in [4.78, 5) is 36.5. The monoisotopic (exact) mass is 413 g/mol. The van der Waals surface area contributed by atoms with Gasteiger partial charge in [0.25, 0.3) is 5.56 Å². The molecule has 1 unspecified atom stereocenters. The van der Waals surface area contributed by atoms with E-state index in [-0.39, 0.29) is 0 Å². The van der Waals surface area contributed by atoms with E-state index >= 15 is 0 Å². The van der Waals surface area contributed by atoms with E-state index in [2.05, 4.69) is 10.4 Å². The van der Waals surface area contributed by atoms with E-state index in [9.17, 15) is 19.5 Å². The fourth-order valence-electron chi connectivity index (χ4n) is 3.43. The molecule has 1 amide bonds. The molecule has 0 saturated heterocycles. The van der Waals surface area contributed by atoms with Crippen LogP contribution in [0.4, 0.5) is 0 Å². The van der Waals surface area contributed by atoms with Crippen LogP contribution in [-0.2, 0) is 16.1 Å². The van der Waals surface area contributed by atoms with Crippen molar-refractivity contribution in [2.75, 3.05) is 0 Å². The summed E-state index contributed by atoms with van der Waals surface area (Å²) in [7, 11) is 0. The first-order chi connectivity index (χ1) is 15.0. The lowest BCUT2D eigenvalue weighted by Crippen LogP contribution is -2.38. The van der Waals surface area contributed by atoms with Gasteiger partial charge in [-0.05, 0) is 22.4 Å². The fourth-order valence-corrected chi connectivity index (χ4v) is 3.43. The van der Waals surface area contributed by atoms with Crippen LogP contribution in [0, 0.1) is 0 Å². The summed E-state index contributed by atoms with van der Waals surface area (Å²) < 4.78 is 1.04. The number of nitrogens with one attached hydrogen (secondary N) is 1. The Hall–Kier alpha value is -4.26. The number of carboxylic acids is 1. The lowest BCUT2D eigenvalue weighted by atomic mass is 10.0. The normalized spacial score (nSPS) is 11.7. The van der Waals surface area contributed by atoms with E-state index < -0.39 is 30.0 Å². The summed E-state index contributed by atoms with van der Waals surface area (Å²) in [6.45, 7) is -0.395. The molecule has 31 heavy (non-hydrogen) atoms. The first-order valence-corrected chi connectivity index (χ1v) is 9.66. The number of aliphatic carboxylic acids is 1. The lowest BCUT2D eigenvalue weighted by Gasteiger charge is -2.15. The molecular formula is C24H19N3O4. The second-order valence-corrected chi connectivity index (χ2v) is 6.99. The number of rotatable bonds is 6. The summed E-state index contributed by atoms with van der Waals surface area (Å²) in [5.41, 5.74) is 1.36. The highest BCUT2D eigenvalue weighted by atomic mass is 16.4. The average molecular weight is 413 g/mol. The predicted octanol–water partition coefficient (Wildman–Crippen LogP) is 3.01. The number of carbonyl (C=O) groups is 2. The number of benzene rings is 3. The molecule has 7 nitrogen and oxygen atoms in total. The summed E-state index contributed by atoms with van der Waals surface area (Å²) in [6, 6.07) is 23.7. The van der Waals surface area contributed by atoms with Gasteiger partial charge in [0, 0.05) is 11.6 Å². The van der Waals surface area contributed by atoms with Crippen LogP contribution < -0.4 is 10.9 Å². The van der Waals surface area contributed by atoms with E-state index in [4.69, 9.17) is 0 Å². The van der Waals surface area contributed by atoms with Crippen molar-refractivity contribution in [1.82, 2.24) is 15.1 Å². The van der Waals surface area contributed by atoms with Crippen LogP contribution in [0.5, 0.6) is 0 Å². The van der Waals surface area contributed by atoms with E-state index in [1.165, 1.54) is 6.07 Å². The maximum Gasteiger partial charge on any atom is 0.330 e. The van der Waals surface area contributed by atoms with Gasteiger partial charge in [0.15, 0.2) is 6.04 Å². The van der Waals surface area contributed by atoms with Crippen LogP contribution in [0.25, 0.3) is 22.0 Å². The minimum absolute atomic E-state index is 0.395. The molecule has 1 atom stereocenters. The van der Waals surface area contributed by atoms with Crippen molar-refractivity contribution in [1.29, 1.82) is 0 Å². The molecule has 154 valence electrons. The molecule has 0 aliphatic rings. The highest BCUT2D eigenvalue weighted by molar-refractivity contribution is 5.95. The Bertz CT molecular complexity index is 1310. The Morgan fingerprint density at radius 1 is 0.903 bits per heavy atom. The van der Waals surface area contributed by atoms with Crippen molar-refractivity contribution in [3.8, 4) is 11.3 Å². The third kappa shape index (κ3) is 4.35. The van der Waals surface area contributed by atoms with Crippen LogP contribution in [0.1, 0.15) is 11.6 Å². The molecule has 7 heteroatoms. The predicted molar refractivity (Wildman–Crippen MR) is 116 cm³/mol. The first kappa shape index (κ1) is 20.0. The number of aromatic nitrogens is 2. The quantitative estimate of drug-likeness (QED) is 0.506. The summed E-state index contributed by atoms with van der Waals surface area (Å²) in [5.74, 6) is -1.81. The van der Waals surface area contributed by atoms with Crippen LogP contribution in [0.2, 0.25) is 0 Å². The van der Waals surface area contributed by atoms with Gasteiger partial charge in [0.2, 0.25) is 5.91 Å². The number of carboxylic acid groups (broad SMARTS) is 1. The zero-order valence-corrected chi connectivity index (χ0v) is 16.4. The highest BCUT2D eigenvalue weighted by Gasteiger charge is 2.22. The summed E-state index contributed by atoms with van der Waals surface area (Å²) in [5, 5.41) is 18.3. The minimum Gasteiger partial charge on any atom is -0.479 e. The summed E-state index contributed by atoms with van der Waals surface area (Å²) >= 11 is 0. The van der Waals surface area contributed by atoms with Gasteiger partial charge in [-0.2, -0.15) is 5.10 Å². The van der Waals surface area contributed by atoms with Gasteiger partial charge in [-0.25, -0.2) is 9.48 Å². The van der Waals surface area contributed by atoms with Crippen molar-refractivity contribution >= 4 is 22.6 Å². The largest absolute Gasteiger partial charge is 0.479 e. The molecule has 0 spiro atoms.